The van der Waals surface area contributed by atoms with Gasteiger partial charge in [0.1, 0.15) is 11.6 Å². The number of hydrogen-bond donors (Lipinski definition) is 0. The van der Waals surface area contributed by atoms with Crippen molar-refractivity contribution in [2.24, 2.45) is 4.99 Å². The summed E-state index contributed by atoms with van der Waals surface area (Å²) in [6.45, 7) is 1.23. The van der Waals surface area contributed by atoms with Crippen molar-refractivity contribution in [3.63, 3.8) is 0 Å². The Morgan fingerprint density at radius 3 is 2.74 bits per heavy atom. The molecular weight excluding hydrogens is 312 g/mol. The van der Waals surface area contributed by atoms with Crippen molar-refractivity contribution in [1.82, 2.24) is 4.90 Å². The van der Waals surface area contributed by atoms with Crippen LogP contribution in [0, 0.1) is 0 Å². The Morgan fingerprint density at radius 2 is 2.04 bits per heavy atom. The molecule has 0 aromatic heterocycles. The molecule has 0 spiro atoms. The van der Waals surface area contributed by atoms with E-state index in [1.54, 1.807) is 12.0 Å². The molecule has 0 saturated heterocycles. The maximum Gasteiger partial charge on any atom is 0.232 e. The van der Waals surface area contributed by atoms with Gasteiger partial charge >= 0.3 is 0 Å². The van der Waals surface area contributed by atoms with Gasteiger partial charge in [-0.05, 0) is 29.8 Å². The van der Waals surface area contributed by atoms with Gasteiger partial charge in [-0.2, -0.15) is 0 Å². The molecule has 0 radical (unpaired) electrons. The second kappa shape index (κ2) is 6.84. The Bertz CT molecular complexity index is 741. The summed E-state index contributed by atoms with van der Waals surface area (Å²) in [6, 6.07) is 15.0. The summed E-state index contributed by atoms with van der Waals surface area (Å²) >= 11 is 6.04. The third-order valence-electron chi connectivity index (χ3n) is 3.74. The summed E-state index contributed by atoms with van der Waals surface area (Å²) < 4.78 is 5.13. The number of rotatable bonds is 4. The van der Waals surface area contributed by atoms with Crippen molar-refractivity contribution in [2.75, 3.05) is 20.2 Å². The van der Waals surface area contributed by atoms with Crippen LogP contribution in [0.4, 0.5) is 0 Å². The van der Waals surface area contributed by atoms with E-state index in [9.17, 15) is 4.79 Å². The van der Waals surface area contributed by atoms with Gasteiger partial charge in [-0.3, -0.25) is 14.7 Å². The van der Waals surface area contributed by atoms with E-state index in [1.165, 1.54) is 0 Å². The monoisotopic (exact) mass is 328 g/mol. The zero-order valence-corrected chi connectivity index (χ0v) is 13.6. The Morgan fingerprint density at radius 1 is 1.26 bits per heavy atom. The third kappa shape index (κ3) is 3.54. The molecular formula is C18H17ClN2O2. The van der Waals surface area contributed by atoms with Crippen LogP contribution in [-0.2, 0) is 11.2 Å². The number of aliphatic imine (C=N–C) groups is 1. The number of amidine groups is 1. The Balaban J connectivity index is 1.75. The Labute approximate surface area is 140 Å². The molecule has 23 heavy (non-hydrogen) atoms. The summed E-state index contributed by atoms with van der Waals surface area (Å²) in [5, 5.41) is 0.639. The lowest BCUT2D eigenvalue weighted by molar-refractivity contribution is -0.126. The standard InChI is InChI=1S/C18H17ClN2O2/c1-23-16-7-5-13(6-8-16)11-17(22)21-10-9-20-18(21)14-3-2-4-15(19)12-14/h2-8,12H,9-11H2,1H3. The highest BCUT2D eigenvalue weighted by molar-refractivity contribution is 6.31. The van der Waals surface area contributed by atoms with Crippen LogP contribution in [0.1, 0.15) is 11.1 Å². The van der Waals surface area contributed by atoms with Gasteiger partial charge in [0.15, 0.2) is 0 Å². The van der Waals surface area contributed by atoms with E-state index in [1.807, 2.05) is 48.5 Å². The number of nitrogens with zero attached hydrogens (tertiary/aromatic N) is 2. The summed E-state index contributed by atoms with van der Waals surface area (Å²) in [7, 11) is 1.62. The minimum absolute atomic E-state index is 0.0337. The zero-order chi connectivity index (χ0) is 16.2. The minimum atomic E-state index is 0.0337. The van der Waals surface area contributed by atoms with Crippen molar-refractivity contribution in [2.45, 2.75) is 6.42 Å². The van der Waals surface area contributed by atoms with Crippen LogP contribution in [0.15, 0.2) is 53.5 Å². The molecule has 0 saturated carbocycles. The number of hydrogen-bond acceptors (Lipinski definition) is 3. The summed E-state index contributed by atoms with van der Waals surface area (Å²) in [5.74, 6) is 1.51. The maximum atomic E-state index is 12.6. The van der Waals surface area contributed by atoms with Crippen molar-refractivity contribution in [3.05, 3.63) is 64.7 Å². The summed E-state index contributed by atoms with van der Waals surface area (Å²) in [4.78, 5) is 18.8. The number of ether oxygens (including phenoxy) is 1. The van der Waals surface area contributed by atoms with Gasteiger partial charge in [-0.25, -0.2) is 0 Å². The predicted molar refractivity (Wildman–Crippen MR) is 91.3 cm³/mol. The number of methoxy groups -OCH3 is 1. The first-order valence-electron chi connectivity index (χ1n) is 7.41. The van der Waals surface area contributed by atoms with E-state index in [-0.39, 0.29) is 5.91 Å². The van der Waals surface area contributed by atoms with E-state index in [4.69, 9.17) is 16.3 Å². The van der Waals surface area contributed by atoms with Gasteiger partial charge < -0.3 is 4.74 Å². The second-order valence-corrected chi connectivity index (χ2v) is 5.72. The molecule has 2 aromatic rings. The number of carbonyl (C=O) groups is 1. The van der Waals surface area contributed by atoms with Gasteiger partial charge in [-0.1, -0.05) is 35.9 Å². The lowest BCUT2D eigenvalue weighted by Crippen LogP contribution is -2.36. The van der Waals surface area contributed by atoms with E-state index in [0.29, 0.717) is 30.4 Å². The molecule has 0 fully saturated rings. The first-order chi connectivity index (χ1) is 11.2. The predicted octanol–water partition coefficient (Wildman–Crippen LogP) is 3.18. The lowest BCUT2D eigenvalue weighted by atomic mass is 10.1. The van der Waals surface area contributed by atoms with Gasteiger partial charge in [0.05, 0.1) is 20.1 Å². The third-order valence-corrected chi connectivity index (χ3v) is 3.97. The Hall–Kier alpha value is -2.33. The van der Waals surface area contributed by atoms with E-state index >= 15 is 0 Å². The van der Waals surface area contributed by atoms with Crippen LogP contribution in [-0.4, -0.2) is 36.8 Å². The van der Waals surface area contributed by atoms with Crippen molar-refractivity contribution < 1.29 is 9.53 Å². The van der Waals surface area contributed by atoms with Crippen LogP contribution in [0.3, 0.4) is 0 Å². The molecule has 0 atom stereocenters. The van der Waals surface area contributed by atoms with Crippen LogP contribution < -0.4 is 4.74 Å². The first-order valence-corrected chi connectivity index (χ1v) is 7.79. The van der Waals surface area contributed by atoms with Crippen molar-refractivity contribution in [3.8, 4) is 5.75 Å². The summed E-state index contributed by atoms with van der Waals surface area (Å²) in [5.41, 5.74) is 1.83. The van der Waals surface area contributed by atoms with E-state index in [2.05, 4.69) is 4.99 Å². The quantitative estimate of drug-likeness (QED) is 0.865. The number of carbonyl (C=O) groups excluding carboxylic acids is 1. The van der Waals surface area contributed by atoms with Crippen molar-refractivity contribution in [1.29, 1.82) is 0 Å². The van der Waals surface area contributed by atoms with E-state index in [0.717, 1.165) is 16.9 Å². The van der Waals surface area contributed by atoms with Gasteiger partial charge in [0.2, 0.25) is 5.91 Å². The normalized spacial score (nSPS) is 13.8. The van der Waals surface area contributed by atoms with Crippen LogP contribution in [0.5, 0.6) is 5.75 Å². The maximum absolute atomic E-state index is 12.6. The average Bonchev–Trinajstić information content (AvgIpc) is 3.05. The fourth-order valence-electron chi connectivity index (χ4n) is 2.58. The molecule has 118 valence electrons. The fraction of sp³-hybridized carbons (Fsp3) is 0.222. The first kappa shape index (κ1) is 15.6. The zero-order valence-electron chi connectivity index (χ0n) is 12.8. The highest BCUT2D eigenvalue weighted by atomic mass is 35.5. The summed E-state index contributed by atoms with van der Waals surface area (Å²) in [6.07, 6.45) is 0.337. The molecule has 2 aromatic carbocycles. The molecule has 0 unspecified atom stereocenters. The van der Waals surface area contributed by atoms with Crippen LogP contribution in [0.25, 0.3) is 0 Å². The van der Waals surface area contributed by atoms with Crippen molar-refractivity contribution >= 4 is 23.3 Å². The molecule has 5 heteroatoms. The Kier molecular flexibility index (Phi) is 4.63. The molecule has 1 aliphatic heterocycles. The molecule has 1 heterocycles. The van der Waals surface area contributed by atoms with Crippen LogP contribution in [0.2, 0.25) is 5.02 Å². The molecule has 3 rings (SSSR count). The highest BCUT2D eigenvalue weighted by Gasteiger charge is 2.24. The highest BCUT2D eigenvalue weighted by Crippen LogP contribution is 2.18. The average molecular weight is 329 g/mol. The number of benzene rings is 2. The second-order valence-electron chi connectivity index (χ2n) is 5.29. The number of halogens is 1. The molecule has 4 nitrogen and oxygen atoms in total. The van der Waals surface area contributed by atoms with Gasteiger partial charge in [0, 0.05) is 17.1 Å². The van der Waals surface area contributed by atoms with Crippen LogP contribution >= 0.6 is 11.6 Å². The molecule has 1 amide bonds. The lowest BCUT2D eigenvalue weighted by Gasteiger charge is -2.19. The molecule has 1 aliphatic rings. The van der Waals surface area contributed by atoms with E-state index < -0.39 is 0 Å². The topological polar surface area (TPSA) is 41.9 Å². The SMILES string of the molecule is COc1ccc(CC(=O)N2CCN=C2c2cccc(Cl)c2)cc1. The van der Waals surface area contributed by atoms with Gasteiger partial charge in [0.25, 0.3) is 0 Å². The molecule has 0 N–H and O–H groups in total. The fourth-order valence-corrected chi connectivity index (χ4v) is 2.77. The number of amides is 1. The largest absolute Gasteiger partial charge is 0.497 e. The molecule has 0 aliphatic carbocycles. The minimum Gasteiger partial charge on any atom is -0.497 e. The molecule has 0 bridgehead atoms. The smallest absolute Gasteiger partial charge is 0.232 e. The van der Waals surface area contributed by atoms with Gasteiger partial charge in [-0.15, -0.1) is 0 Å².